The zero-order valence-electron chi connectivity index (χ0n) is 26.5. The van der Waals surface area contributed by atoms with E-state index in [0.717, 1.165) is 62.9 Å². The number of nitrogens with one attached hydrogen (secondary N) is 1. The van der Waals surface area contributed by atoms with Gasteiger partial charge in [-0.25, -0.2) is 0 Å². The van der Waals surface area contributed by atoms with Crippen molar-refractivity contribution in [3.05, 3.63) is 53.6 Å². The monoisotopic (exact) mass is 595 g/mol. The molecule has 1 saturated carbocycles. The molecule has 1 heterocycles. The molecule has 0 aromatic heterocycles. The Hall–Kier alpha value is -3.30. The van der Waals surface area contributed by atoms with Gasteiger partial charge in [0.15, 0.2) is 11.5 Å². The van der Waals surface area contributed by atoms with Crippen molar-refractivity contribution in [1.29, 1.82) is 0 Å². The van der Waals surface area contributed by atoms with Crippen LogP contribution in [0.2, 0.25) is 0 Å². The van der Waals surface area contributed by atoms with Crippen molar-refractivity contribution in [2.45, 2.75) is 83.0 Å². The molecule has 2 amide bonds. The van der Waals surface area contributed by atoms with Crippen LogP contribution in [-0.2, 0) is 16.0 Å². The summed E-state index contributed by atoms with van der Waals surface area (Å²) in [4.78, 5) is 31.1. The van der Waals surface area contributed by atoms with Crippen molar-refractivity contribution in [1.82, 2.24) is 15.1 Å². The van der Waals surface area contributed by atoms with Crippen LogP contribution in [0.3, 0.4) is 0 Å². The molecule has 9 heteroatoms. The zero-order chi connectivity index (χ0) is 30.8. The van der Waals surface area contributed by atoms with Gasteiger partial charge in [-0.1, -0.05) is 12.1 Å². The standard InChI is InChI=1S/C34H49N3O6/c1-24(2)37(34(39)26-9-16-31(42-5)32(22-26)43-20-6-19-40-3)29-11-10-27(35-23-29)17-18-36(28-12-13-28)33(38)21-25-7-14-30(41-4)15-8-25/h7-9,14-16,22,24,27-29,35H,6,10-13,17-21,23H2,1-5H3/t27-,29-/m1/s1. The lowest BCUT2D eigenvalue weighted by Crippen LogP contribution is -2.54. The van der Waals surface area contributed by atoms with Gasteiger partial charge in [0.2, 0.25) is 5.91 Å². The van der Waals surface area contributed by atoms with Crippen molar-refractivity contribution in [3.8, 4) is 17.2 Å². The first-order valence-electron chi connectivity index (χ1n) is 15.6. The lowest BCUT2D eigenvalue weighted by molar-refractivity contribution is -0.131. The van der Waals surface area contributed by atoms with Gasteiger partial charge in [0.05, 0.1) is 27.2 Å². The van der Waals surface area contributed by atoms with E-state index >= 15 is 0 Å². The number of rotatable bonds is 16. The average Bonchev–Trinajstić information content (AvgIpc) is 3.86. The molecule has 2 aliphatic rings. The van der Waals surface area contributed by atoms with E-state index in [9.17, 15) is 9.59 Å². The first-order chi connectivity index (χ1) is 20.8. The number of nitrogens with zero attached hydrogens (tertiary/aromatic N) is 2. The molecule has 9 nitrogen and oxygen atoms in total. The van der Waals surface area contributed by atoms with Crippen LogP contribution in [0.15, 0.2) is 42.5 Å². The highest BCUT2D eigenvalue weighted by Gasteiger charge is 2.34. The van der Waals surface area contributed by atoms with Crippen LogP contribution in [0.1, 0.15) is 68.3 Å². The fourth-order valence-corrected chi connectivity index (χ4v) is 5.87. The van der Waals surface area contributed by atoms with E-state index in [2.05, 4.69) is 24.1 Å². The molecule has 0 bridgehead atoms. The highest BCUT2D eigenvalue weighted by Crippen LogP contribution is 2.31. The second kappa shape index (κ2) is 16.0. The van der Waals surface area contributed by atoms with Crippen molar-refractivity contribution in [2.75, 3.05) is 47.6 Å². The maximum absolute atomic E-state index is 13.8. The average molecular weight is 596 g/mol. The van der Waals surface area contributed by atoms with Crippen LogP contribution in [0.25, 0.3) is 0 Å². The molecule has 4 rings (SSSR count). The number of hydrogen-bond acceptors (Lipinski definition) is 7. The highest BCUT2D eigenvalue weighted by atomic mass is 16.5. The van der Waals surface area contributed by atoms with Crippen LogP contribution >= 0.6 is 0 Å². The first-order valence-corrected chi connectivity index (χ1v) is 15.6. The van der Waals surface area contributed by atoms with Gasteiger partial charge in [-0.15, -0.1) is 0 Å². The van der Waals surface area contributed by atoms with Gasteiger partial charge in [0.25, 0.3) is 5.91 Å². The maximum Gasteiger partial charge on any atom is 0.254 e. The zero-order valence-corrected chi connectivity index (χ0v) is 26.5. The molecular formula is C34H49N3O6. The van der Waals surface area contributed by atoms with E-state index in [4.69, 9.17) is 18.9 Å². The van der Waals surface area contributed by atoms with E-state index in [1.165, 1.54) is 0 Å². The summed E-state index contributed by atoms with van der Waals surface area (Å²) in [5.74, 6) is 2.16. The molecule has 0 spiro atoms. The summed E-state index contributed by atoms with van der Waals surface area (Å²) < 4.78 is 21.7. The highest BCUT2D eigenvalue weighted by molar-refractivity contribution is 5.95. The van der Waals surface area contributed by atoms with Crippen molar-refractivity contribution >= 4 is 11.8 Å². The summed E-state index contributed by atoms with van der Waals surface area (Å²) in [5.41, 5.74) is 1.60. The Morgan fingerprint density at radius 1 is 0.907 bits per heavy atom. The summed E-state index contributed by atoms with van der Waals surface area (Å²) >= 11 is 0. The Balaban J connectivity index is 1.31. The minimum absolute atomic E-state index is 0.00585. The third kappa shape index (κ3) is 9.10. The third-order valence-electron chi connectivity index (χ3n) is 8.38. The molecule has 1 saturated heterocycles. The van der Waals surface area contributed by atoms with Crippen LogP contribution in [0.5, 0.6) is 17.2 Å². The van der Waals surface area contributed by atoms with Crippen LogP contribution in [0.4, 0.5) is 0 Å². The number of carbonyl (C=O) groups is 2. The van der Waals surface area contributed by atoms with E-state index < -0.39 is 0 Å². The minimum atomic E-state index is -0.00585. The summed E-state index contributed by atoms with van der Waals surface area (Å²) in [5, 5.41) is 3.69. The van der Waals surface area contributed by atoms with E-state index in [1.54, 1.807) is 33.5 Å². The number of benzene rings is 2. The van der Waals surface area contributed by atoms with Gasteiger partial charge in [-0.3, -0.25) is 9.59 Å². The van der Waals surface area contributed by atoms with Gasteiger partial charge in [0.1, 0.15) is 5.75 Å². The third-order valence-corrected chi connectivity index (χ3v) is 8.38. The molecular weight excluding hydrogens is 546 g/mol. The minimum Gasteiger partial charge on any atom is -0.497 e. The molecule has 2 aromatic rings. The molecule has 2 fully saturated rings. The Bertz CT molecular complexity index is 1180. The fraction of sp³-hybridized carbons (Fsp3) is 0.588. The Morgan fingerprint density at radius 3 is 2.26 bits per heavy atom. The number of carbonyl (C=O) groups excluding carboxylic acids is 2. The summed E-state index contributed by atoms with van der Waals surface area (Å²) in [6, 6.07) is 14.0. The van der Waals surface area contributed by atoms with Crippen molar-refractivity contribution in [2.24, 2.45) is 0 Å². The molecule has 236 valence electrons. The fourth-order valence-electron chi connectivity index (χ4n) is 5.87. The molecule has 0 radical (unpaired) electrons. The molecule has 2 atom stereocenters. The topological polar surface area (TPSA) is 89.6 Å². The second-order valence-corrected chi connectivity index (χ2v) is 11.8. The normalized spacial score (nSPS) is 18.3. The summed E-state index contributed by atoms with van der Waals surface area (Å²) in [6.45, 7) is 6.71. The number of hydrogen-bond donors (Lipinski definition) is 1. The van der Waals surface area contributed by atoms with Crippen molar-refractivity contribution < 1.29 is 28.5 Å². The molecule has 0 unspecified atom stereocenters. The van der Waals surface area contributed by atoms with Crippen LogP contribution < -0.4 is 19.5 Å². The lowest BCUT2D eigenvalue weighted by Gasteiger charge is -2.40. The molecule has 43 heavy (non-hydrogen) atoms. The Labute approximate surface area is 256 Å². The molecule has 1 aliphatic carbocycles. The first kappa shape index (κ1) is 32.6. The van der Waals surface area contributed by atoms with Gasteiger partial charge in [0, 0.05) is 63.0 Å². The number of amides is 2. The van der Waals surface area contributed by atoms with Gasteiger partial charge >= 0.3 is 0 Å². The smallest absolute Gasteiger partial charge is 0.254 e. The quantitative estimate of drug-likeness (QED) is 0.281. The van der Waals surface area contributed by atoms with Gasteiger partial charge < -0.3 is 34.1 Å². The van der Waals surface area contributed by atoms with Crippen molar-refractivity contribution in [3.63, 3.8) is 0 Å². The second-order valence-electron chi connectivity index (χ2n) is 11.8. The SMILES string of the molecule is COCCCOc1cc(C(=O)N(C(C)C)[C@@H]2CC[C@H](CCN(C(=O)Cc3ccc(OC)cc3)C3CC3)NC2)ccc1OC. The number of methoxy groups -OCH3 is 3. The van der Waals surface area contributed by atoms with E-state index in [1.807, 2.05) is 35.2 Å². The van der Waals surface area contributed by atoms with E-state index in [-0.39, 0.29) is 23.9 Å². The maximum atomic E-state index is 13.8. The number of ether oxygens (including phenoxy) is 4. The van der Waals surface area contributed by atoms with Crippen LogP contribution in [0, 0.1) is 0 Å². The van der Waals surface area contributed by atoms with Crippen LogP contribution in [-0.4, -0.2) is 93.4 Å². The summed E-state index contributed by atoms with van der Waals surface area (Å²) in [7, 11) is 4.91. The van der Waals surface area contributed by atoms with Gasteiger partial charge in [-0.2, -0.15) is 0 Å². The predicted molar refractivity (Wildman–Crippen MR) is 167 cm³/mol. The summed E-state index contributed by atoms with van der Waals surface area (Å²) in [6.07, 6.45) is 6.13. The molecule has 2 aromatic carbocycles. The molecule has 1 N–H and O–H groups in total. The lowest BCUT2D eigenvalue weighted by atomic mass is 9.95. The Kier molecular flexibility index (Phi) is 12.1. The largest absolute Gasteiger partial charge is 0.497 e. The predicted octanol–water partition coefficient (Wildman–Crippen LogP) is 4.71. The molecule has 1 aliphatic heterocycles. The van der Waals surface area contributed by atoms with Gasteiger partial charge in [-0.05, 0) is 81.8 Å². The van der Waals surface area contributed by atoms with E-state index in [0.29, 0.717) is 48.8 Å². The number of piperidine rings is 1. The Morgan fingerprint density at radius 2 is 1.65 bits per heavy atom.